The molecule has 0 aromatic carbocycles. The topological polar surface area (TPSA) is 66.0 Å². The summed E-state index contributed by atoms with van der Waals surface area (Å²) >= 11 is 0. The molecule has 7 heteroatoms. The first-order chi connectivity index (χ1) is 12.3. The lowest BCUT2D eigenvalue weighted by Crippen LogP contribution is -2.55. The Labute approximate surface area is 182 Å². The van der Waals surface area contributed by atoms with Crippen molar-refractivity contribution in [3.63, 3.8) is 0 Å². The van der Waals surface area contributed by atoms with Crippen LogP contribution in [0.25, 0.3) is 0 Å². The molecule has 0 aromatic rings. The zero-order valence-corrected chi connectivity index (χ0v) is 20.2. The fraction of sp³-hybridized carbons (Fsp3) is 0.900. The standard InChI is InChI=1S/C20H38N4O2.HI/c1-7-14(8-2)13-22-18(21-6)23-15-11-16-9-10-17(12-15)24(16)19(25)26-20(3,4)5;/h14-17H,7-13H2,1-6H3,(H2,21,22,23);1H. The van der Waals surface area contributed by atoms with E-state index in [-0.39, 0.29) is 42.2 Å². The van der Waals surface area contributed by atoms with Crippen LogP contribution >= 0.6 is 24.0 Å². The maximum Gasteiger partial charge on any atom is 0.410 e. The van der Waals surface area contributed by atoms with E-state index in [2.05, 4.69) is 29.5 Å². The smallest absolute Gasteiger partial charge is 0.410 e. The summed E-state index contributed by atoms with van der Waals surface area (Å²) in [6.45, 7) is 11.2. The van der Waals surface area contributed by atoms with Crippen LogP contribution < -0.4 is 10.6 Å². The number of guanidine groups is 1. The second-order valence-corrected chi connectivity index (χ2v) is 8.72. The average molecular weight is 494 g/mol. The molecule has 2 aliphatic rings. The zero-order chi connectivity index (χ0) is 19.3. The number of hydrogen-bond donors (Lipinski definition) is 2. The number of nitrogens with zero attached hydrogens (tertiary/aromatic N) is 2. The normalized spacial score (nSPS) is 25.2. The van der Waals surface area contributed by atoms with Crippen molar-refractivity contribution in [2.45, 2.75) is 96.9 Å². The first-order valence-electron chi connectivity index (χ1n) is 10.3. The highest BCUT2D eigenvalue weighted by Gasteiger charge is 2.45. The van der Waals surface area contributed by atoms with Gasteiger partial charge in [0.25, 0.3) is 0 Å². The maximum atomic E-state index is 12.6. The molecule has 0 radical (unpaired) electrons. The number of halogens is 1. The van der Waals surface area contributed by atoms with Crippen LogP contribution in [0.5, 0.6) is 0 Å². The predicted octanol–water partition coefficient (Wildman–Crippen LogP) is 4.14. The Balaban J connectivity index is 0.00000364. The molecule has 2 bridgehead atoms. The van der Waals surface area contributed by atoms with Gasteiger partial charge in [0, 0.05) is 31.7 Å². The summed E-state index contributed by atoms with van der Waals surface area (Å²) in [5.74, 6) is 1.56. The monoisotopic (exact) mass is 494 g/mol. The number of piperidine rings is 1. The summed E-state index contributed by atoms with van der Waals surface area (Å²) in [6.07, 6.45) is 6.27. The Morgan fingerprint density at radius 3 is 2.19 bits per heavy atom. The van der Waals surface area contributed by atoms with Crippen molar-refractivity contribution in [3.8, 4) is 0 Å². The fourth-order valence-electron chi connectivity index (χ4n) is 4.11. The first kappa shape index (κ1) is 24.3. The van der Waals surface area contributed by atoms with Crippen molar-refractivity contribution in [2.75, 3.05) is 13.6 Å². The van der Waals surface area contributed by atoms with Crippen LogP contribution in [0, 0.1) is 5.92 Å². The second kappa shape index (κ2) is 10.7. The maximum absolute atomic E-state index is 12.6. The summed E-state index contributed by atoms with van der Waals surface area (Å²) in [6, 6.07) is 0.913. The van der Waals surface area contributed by atoms with Gasteiger partial charge in [-0.15, -0.1) is 24.0 Å². The van der Waals surface area contributed by atoms with Gasteiger partial charge in [-0.1, -0.05) is 26.7 Å². The SMILES string of the molecule is CCC(CC)CNC(=NC)NC1CC2CCC(C1)N2C(=O)OC(C)(C)C.I. The Morgan fingerprint density at radius 2 is 1.74 bits per heavy atom. The Kier molecular flexibility index (Phi) is 9.65. The van der Waals surface area contributed by atoms with Crippen LogP contribution in [0.3, 0.4) is 0 Å². The van der Waals surface area contributed by atoms with E-state index < -0.39 is 5.60 Å². The van der Waals surface area contributed by atoms with E-state index in [9.17, 15) is 4.79 Å². The molecule has 2 aliphatic heterocycles. The third-order valence-corrected chi connectivity index (χ3v) is 5.61. The summed E-state index contributed by atoms with van der Waals surface area (Å²) in [5.41, 5.74) is -0.438. The number of fused-ring (bicyclic) bond motifs is 2. The molecule has 27 heavy (non-hydrogen) atoms. The predicted molar refractivity (Wildman–Crippen MR) is 122 cm³/mol. The molecule has 2 fully saturated rings. The van der Waals surface area contributed by atoms with Crippen molar-refractivity contribution < 1.29 is 9.53 Å². The minimum atomic E-state index is -0.438. The molecule has 1 amide bonds. The highest BCUT2D eigenvalue weighted by Crippen LogP contribution is 2.36. The molecule has 2 saturated heterocycles. The molecule has 6 nitrogen and oxygen atoms in total. The molecule has 2 unspecified atom stereocenters. The van der Waals surface area contributed by atoms with Crippen molar-refractivity contribution in [2.24, 2.45) is 10.9 Å². The fourth-order valence-corrected chi connectivity index (χ4v) is 4.11. The molecule has 2 atom stereocenters. The van der Waals surface area contributed by atoms with Gasteiger partial charge < -0.3 is 20.3 Å². The van der Waals surface area contributed by atoms with Crippen LogP contribution in [0.2, 0.25) is 0 Å². The molecule has 0 saturated carbocycles. The van der Waals surface area contributed by atoms with E-state index >= 15 is 0 Å². The quantitative estimate of drug-likeness (QED) is 0.343. The molecule has 2 N–H and O–H groups in total. The molecule has 0 aromatic heterocycles. The van der Waals surface area contributed by atoms with E-state index in [1.54, 1.807) is 0 Å². The third-order valence-electron chi connectivity index (χ3n) is 5.61. The minimum Gasteiger partial charge on any atom is -0.444 e. The highest BCUT2D eigenvalue weighted by atomic mass is 127. The van der Waals surface area contributed by atoms with Gasteiger partial charge in [-0.3, -0.25) is 4.99 Å². The van der Waals surface area contributed by atoms with Crippen LogP contribution in [0.1, 0.15) is 73.1 Å². The summed E-state index contributed by atoms with van der Waals surface area (Å²) in [5, 5.41) is 7.05. The van der Waals surface area contributed by atoms with E-state index in [4.69, 9.17) is 4.74 Å². The summed E-state index contributed by atoms with van der Waals surface area (Å²) < 4.78 is 5.62. The Morgan fingerprint density at radius 1 is 1.19 bits per heavy atom. The van der Waals surface area contributed by atoms with E-state index in [1.165, 1.54) is 12.8 Å². The molecule has 2 rings (SSSR count). The molecule has 0 aliphatic carbocycles. The molecule has 158 valence electrons. The number of aliphatic imine (C=N–C) groups is 1. The van der Waals surface area contributed by atoms with Crippen LogP contribution in [0.4, 0.5) is 4.79 Å². The van der Waals surface area contributed by atoms with Crippen molar-refractivity contribution >= 4 is 36.0 Å². The number of carbonyl (C=O) groups is 1. The lowest BCUT2D eigenvalue weighted by atomic mass is 9.98. The van der Waals surface area contributed by atoms with Gasteiger partial charge >= 0.3 is 6.09 Å². The highest BCUT2D eigenvalue weighted by molar-refractivity contribution is 14.0. The van der Waals surface area contributed by atoms with Gasteiger partial charge in [0.2, 0.25) is 0 Å². The van der Waals surface area contributed by atoms with Gasteiger partial charge in [-0.05, 0) is 52.4 Å². The Bertz CT molecular complexity index is 489. The number of rotatable bonds is 5. The molecular weight excluding hydrogens is 455 g/mol. The third kappa shape index (κ3) is 6.98. The van der Waals surface area contributed by atoms with Crippen LogP contribution in [0.15, 0.2) is 4.99 Å². The largest absolute Gasteiger partial charge is 0.444 e. The number of nitrogens with one attached hydrogen (secondary N) is 2. The van der Waals surface area contributed by atoms with Crippen molar-refractivity contribution in [1.29, 1.82) is 0 Å². The number of hydrogen-bond acceptors (Lipinski definition) is 3. The van der Waals surface area contributed by atoms with Crippen LogP contribution in [-0.2, 0) is 4.74 Å². The second-order valence-electron chi connectivity index (χ2n) is 8.72. The zero-order valence-electron chi connectivity index (χ0n) is 17.9. The van der Waals surface area contributed by atoms with E-state index in [0.717, 1.165) is 38.2 Å². The average Bonchev–Trinajstić information content (AvgIpc) is 2.84. The van der Waals surface area contributed by atoms with Crippen molar-refractivity contribution in [3.05, 3.63) is 0 Å². The van der Waals surface area contributed by atoms with Crippen molar-refractivity contribution in [1.82, 2.24) is 15.5 Å². The van der Waals surface area contributed by atoms with Gasteiger partial charge in [0.05, 0.1) is 0 Å². The first-order valence-corrected chi connectivity index (χ1v) is 10.3. The van der Waals surface area contributed by atoms with Crippen LogP contribution in [-0.4, -0.2) is 54.3 Å². The van der Waals surface area contributed by atoms with Gasteiger partial charge in [0.1, 0.15) is 5.60 Å². The molecule has 0 spiro atoms. The van der Waals surface area contributed by atoms with E-state index in [1.807, 2.05) is 32.7 Å². The lowest BCUT2D eigenvalue weighted by molar-refractivity contribution is 0.00545. The van der Waals surface area contributed by atoms with Gasteiger partial charge in [0.15, 0.2) is 5.96 Å². The molecule has 2 heterocycles. The number of carbonyl (C=O) groups excluding carboxylic acids is 1. The number of ether oxygens (including phenoxy) is 1. The van der Waals surface area contributed by atoms with Gasteiger partial charge in [-0.25, -0.2) is 4.79 Å². The summed E-state index contributed by atoms with van der Waals surface area (Å²) in [7, 11) is 1.83. The van der Waals surface area contributed by atoms with E-state index in [0.29, 0.717) is 12.0 Å². The Hall–Kier alpha value is -0.730. The lowest BCUT2D eigenvalue weighted by Gasteiger charge is -2.40. The number of amides is 1. The van der Waals surface area contributed by atoms with Gasteiger partial charge in [-0.2, -0.15) is 0 Å². The summed E-state index contributed by atoms with van der Waals surface area (Å²) in [4.78, 5) is 18.9. The molecular formula is C20H39IN4O2. The minimum absolute atomic E-state index is 0.